The molecule has 1 fully saturated rings. The highest BCUT2D eigenvalue weighted by molar-refractivity contribution is 14.0. The van der Waals surface area contributed by atoms with Crippen LogP contribution in [0, 0.1) is 0 Å². The number of piperazine rings is 1. The van der Waals surface area contributed by atoms with Crippen LogP contribution in [0.3, 0.4) is 0 Å². The molecule has 3 heterocycles. The average molecular weight is 524 g/mol. The minimum atomic E-state index is 0. The predicted octanol–water partition coefficient (Wildman–Crippen LogP) is 2.05. The number of rotatable bonds is 5. The maximum Gasteiger partial charge on any atom is 0.231 e. The van der Waals surface area contributed by atoms with Gasteiger partial charge >= 0.3 is 0 Å². The number of guanidine groups is 1. The van der Waals surface area contributed by atoms with Crippen molar-refractivity contribution < 1.29 is 9.47 Å². The van der Waals surface area contributed by atoms with Crippen LogP contribution in [0.5, 0.6) is 11.5 Å². The number of likely N-dealkylation sites (N-methyl/N-ethyl adjacent to an activating group) is 1. The van der Waals surface area contributed by atoms with Crippen molar-refractivity contribution in [1.29, 1.82) is 0 Å². The molecule has 4 rings (SSSR count). The number of fused-ring (bicyclic) bond motifs is 1. The van der Waals surface area contributed by atoms with Crippen molar-refractivity contribution in [2.24, 2.45) is 4.99 Å². The lowest BCUT2D eigenvalue weighted by atomic mass is 10.2. The van der Waals surface area contributed by atoms with Gasteiger partial charge in [0.15, 0.2) is 17.5 Å². The molecule has 9 heteroatoms. The first kappa shape index (κ1) is 22.4. The van der Waals surface area contributed by atoms with Gasteiger partial charge in [-0.25, -0.2) is 4.98 Å². The van der Waals surface area contributed by atoms with Gasteiger partial charge in [-0.2, -0.15) is 0 Å². The van der Waals surface area contributed by atoms with E-state index in [-0.39, 0.29) is 30.8 Å². The van der Waals surface area contributed by atoms with E-state index in [9.17, 15) is 0 Å². The molecule has 0 saturated carbocycles. The molecule has 0 aliphatic carbocycles. The molecule has 162 valence electrons. The molecule has 0 unspecified atom stereocenters. The van der Waals surface area contributed by atoms with Gasteiger partial charge in [0.2, 0.25) is 6.79 Å². The topological polar surface area (TPSA) is 74.3 Å². The van der Waals surface area contributed by atoms with Crippen LogP contribution in [-0.4, -0.2) is 62.9 Å². The zero-order chi connectivity index (χ0) is 20.1. The van der Waals surface area contributed by atoms with E-state index >= 15 is 0 Å². The summed E-state index contributed by atoms with van der Waals surface area (Å²) in [5.74, 6) is 3.38. The summed E-state index contributed by atoms with van der Waals surface area (Å²) in [6, 6.07) is 10.2. The number of halogens is 1. The van der Waals surface area contributed by atoms with E-state index in [1.807, 2.05) is 24.4 Å². The second-order valence-corrected chi connectivity index (χ2v) is 7.28. The summed E-state index contributed by atoms with van der Waals surface area (Å²) in [6.07, 6.45) is 1.94. The summed E-state index contributed by atoms with van der Waals surface area (Å²) in [5.41, 5.74) is 2.23. The van der Waals surface area contributed by atoms with Crippen LogP contribution in [0.1, 0.15) is 11.1 Å². The number of aliphatic imine (C=N–C) groups is 1. The number of ether oxygens (including phenoxy) is 2. The molecule has 2 aliphatic rings. The fourth-order valence-electron chi connectivity index (χ4n) is 3.39. The van der Waals surface area contributed by atoms with Crippen molar-refractivity contribution in [1.82, 2.24) is 20.5 Å². The van der Waals surface area contributed by atoms with Crippen LogP contribution in [0.25, 0.3) is 0 Å². The van der Waals surface area contributed by atoms with Gasteiger partial charge in [0.1, 0.15) is 5.82 Å². The number of nitrogens with zero attached hydrogens (tertiary/aromatic N) is 4. The Balaban J connectivity index is 0.00000256. The number of hydrogen-bond acceptors (Lipinski definition) is 6. The molecule has 2 N–H and O–H groups in total. The molecule has 2 aromatic rings. The quantitative estimate of drug-likeness (QED) is 0.353. The molecule has 2 aliphatic heterocycles. The average Bonchev–Trinajstić information content (AvgIpc) is 3.23. The standard InChI is InChI=1S/C21H28N6O2.HI/c1-22-21(24-12-16-3-5-18-19(11-16)29-15-28-18)25-14-17-4-6-20(23-13-17)27-9-7-26(2)8-10-27;/h3-6,11,13H,7-10,12,14-15H2,1-2H3,(H2,22,24,25);1H. The minimum absolute atomic E-state index is 0. The van der Waals surface area contributed by atoms with Crippen LogP contribution < -0.4 is 25.0 Å². The van der Waals surface area contributed by atoms with Crippen molar-refractivity contribution in [3.63, 3.8) is 0 Å². The number of hydrogen-bond donors (Lipinski definition) is 2. The van der Waals surface area contributed by atoms with Gasteiger partial charge in [-0.15, -0.1) is 24.0 Å². The molecule has 1 saturated heterocycles. The molecule has 30 heavy (non-hydrogen) atoms. The van der Waals surface area contributed by atoms with E-state index in [4.69, 9.17) is 9.47 Å². The van der Waals surface area contributed by atoms with Gasteiger partial charge in [-0.1, -0.05) is 12.1 Å². The van der Waals surface area contributed by atoms with Crippen LogP contribution >= 0.6 is 24.0 Å². The van der Waals surface area contributed by atoms with Crippen LogP contribution in [-0.2, 0) is 13.1 Å². The third-order valence-electron chi connectivity index (χ3n) is 5.22. The number of pyridine rings is 1. The first-order valence-electron chi connectivity index (χ1n) is 9.93. The van der Waals surface area contributed by atoms with E-state index in [0.29, 0.717) is 13.1 Å². The fraction of sp³-hybridized carbons (Fsp3) is 0.429. The minimum Gasteiger partial charge on any atom is -0.454 e. The molecule has 0 bridgehead atoms. The molecule has 0 amide bonds. The highest BCUT2D eigenvalue weighted by Gasteiger charge is 2.15. The van der Waals surface area contributed by atoms with Gasteiger partial charge < -0.3 is 29.9 Å². The number of nitrogens with one attached hydrogen (secondary N) is 2. The van der Waals surface area contributed by atoms with Crippen LogP contribution in [0.2, 0.25) is 0 Å². The molecule has 0 atom stereocenters. The smallest absolute Gasteiger partial charge is 0.231 e. The van der Waals surface area contributed by atoms with E-state index in [1.54, 1.807) is 7.05 Å². The lowest BCUT2D eigenvalue weighted by Crippen LogP contribution is -2.44. The Morgan fingerprint density at radius 3 is 2.40 bits per heavy atom. The fourth-order valence-corrected chi connectivity index (χ4v) is 3.39. The molecule has 0 spiro atoms. The Morgan fingerprint density at radius 1 is 1.00 bits per heavy atom. The molecular formula is C21H29IN6O2. The third kappa shape index (κ3) is 5.66. The van der Waals surface area contributed by atoms with E-state index in [0.717, 1.165) is 60.6 Å². The Morgan fingerprint density at radius 2 is 1.70 bits per heavy atom. The summed E-state index contributed by atoms with van der Waals surface area (Å²) >= 11 is 0. The number of benzene rings is 1. The van der Waals surface area contributed by atoms with Crippen molar-refractivity contribution in [2.75, 3.05) is 52.0 Å². The highest BCUT2D eigenvalue weighted by atomic mass is 127. The zero-order valence-electron chi connectivity index (χ0n) is 17.4. The second-order valence-electron chi connectivity index (χ2n) is 7.28. The first-order valence-corrected chi connectivity index (χ1v) is 9.93. The summed E-state index contributed by atoms with van der Waals surface area (Å²) in [7, 11) is 3.93. The van der Waals surface area contributed by atoms with E-state index in [1.165, 1.54) is 0 Å². The predicted molar refractivity (Wildman–Crippen MR) is 129 cm³/mol. The van der Waals surface area contributed by atoms with Gasteiger partial charge in [0.25, 0.3) is 0 Å². The van der Waals surface area contributed by atoms with Crippen molar-refractivity contribution in [3.8, 4) is 11.5 Å². The van der Waals surface area contributed by atoms with Crippen molar-refractivity contribution in [3.05, 3.63) is 47.7 Å². The Hall–Kier alpha value is -2.27. The Bertz CT molecular complexity index is 853. The normalized spacial score (nSPS) is 16.2. The monoisotopic (exact) mass is 524 g/mol. The Labute approximate surface area is 194 Å². The molecule has 1 aromatic heterocycles. The maximum atomic E-state index is 5.43. The molecule has 0 radical (unpaired) electrons. The van der Waals surface area contributed by atoms with Gasteiger partial charge in [0, 0.05) is 52.5 Å². The van der Waals surface area contributed by atoms with Gasteiger partial charge in [-0.05, 0) is 36.4 Å². The Kier molecular flexibility index (Phi) is 7.97. The summed E-state index contributed by atoms with van der Waals surface area (Å²) < 4.78 is 10.8. The largest absolute Gasteiger partial charge is 0.454 e. The number of anilines is 1. The zero-order valence-corrected chi connectivity index (χ0v) is 19.8. The molecule has 1 aromatic carbocycles. The second kappa shape index (κ2) is 10.7. The summed E-state index contributed by atoms with van der Waals surface area (Å²) in [6.45, 7) is 5.81. The van der Waals surface area contributed by atoms with Gasteiger partial charge in [-0.3, -0.25) is 4.99 Å². The summed E-state index contributed by atoms with van der Waals surface area (Å²) in [4.78, 5) is 13.6. The van der Waals surface area contributed by atoms with E-state index in [2.05, 4.69) is 49.6 Å². The lowest BCUT2D eigenvalue weighted by Gasteiger charge is -2.33. The lowest BCUT2D eigenvalue weighted by molar-refractivity contribution is 0.174. The maximum absolute atomic E-state index is 5.43. The third-order valence-corrected chi connectivity index (χ3v) is 5.22. The van der Waals surface area contributed by atoms with Gasteiger partial charge in [0.05, 0.1) is 0 Å². The van der Waals surface area contributed by atoms with Crippen molar-refractivity contribution >= 4 is 35.8 Å². The number of aromatic nitrogens is 1. The van der Waals surface area contributed by atoms with E-state index < -0.39 is 0 Å². The first-order chi connectivity index (χ1) is 14.2. The summed E-state index contributed by atoms with van der Waals surface area (Å²) in [5, 5.41) is 6.66. The highest BCUT2D eigenvalue weighted by Crippen LogP contribution is 2.32. The van der Waals surface area contributed by atoms with Crippen LogP contribution in [0.4, 0.5) is 5.82 Å². The molecule has 8 nitrogen and oxygen atoms in total. The van der Waals surface area contributed by atoms with Crippen LogP contribution in [0.15, 0.2) is 41.5 Å². The SMILES string of the molecule is CN=C(NCc1ccc(N2CCN(C)CC2)nc1)NCc1ccc2c(c1)OCO2.I. The van der Waals surface area contributed by atoms with Crippen molar-refractivity contribution in [2.45, 2.75) is 13.1 Å². The molecular weight excluding hydrogens is 495 g/mol.